The largest absolute Gasteiger partial charge is 0.495 e. The molecule has 0 unspecified atom stereocenters. The Balaban J connectivity index is 1.87. The fourth-order valence-electron chi connectivity index (χ4n) is 3.64. The molecule has 0 bridgehead atoms. The molecule has 2 aromatic rings. The lowest BCUT2D eigenvalue weighted by Gasteiger charge is -2.29. The summed E-state index contributed by atoms with van der Waals surface area (Å²) in [6, 6.07) is 4.90. The van der Waals surface area contributed by atoms with E-state index in [9.17, 15) is 13.2 Å². The molecule has 0 aliphatic carbocycles. The number of nitrogens with zero attached hydrogens (tertiary/aromatic N) is 1. The van der Waals surface area contributed by atoms with E-state index in [2.05, 4.69) is 17.2 Å². The molecule has 0 saturated carbocycles. The van der Waals surface area contributed by atoms with Crippen LogP contribution in [0.4, 0.5) is 5.69 Å². The summed E-state index contributed by atoms with van der Waals surface area (Å²) in [5, 5.41) is 3.12. The number of carbonyl (C=O) groups is 1. The van der Waals surface area contributed by atoms with Gasteiger partial charge < -0.3 is 15.0 Å². The number of aryl methyl sites for hydroxylation is 1. The van der Waals surface area contributed by atoms with Crippen LogP contribution >= 0.6 is 11.6 Å². The number of methoxy groups -OCH3 is 1. The summed E-state index contributed by atoms with van der Waals surface area (Å²) in [7, 11) is -2.15. The standard InChI is InChI=1S/C20H26ClN3O4S/c1-12-7-9-24(10-8-12)29(26,27)19-13(2)18(22-14(19)3)20(25)23-15-5-6-17(28-4)16(21)11-15/h5-6,11-12,22H,7-10H2,1-4H3,(H,23,25). The van der Waals surface area contributed by atoms with Crippen LogP contribution in [0, 0.1) is 19.8 Å². The normalized spacial score (nSPS) is 16.0. The minimum absolute atomic E-state index is 0.185. The molecule has 2 heterocycles. The van der Waals surface area contributed by atoms with Crippen LogP contribution < -0.4 is 10.1 Å². The number of nitrogens with one attached hydrogen (secondary N) is 2. The topological polar surface area (TPSA) is 91.5 Å². The van der Waals surface area contributed by atoms with E-state index in [-0.39, 0.29) is 10.6 Å². The van der Waals surface area contributed by atoms with Gasteiger partial charge in [-0.05, 0) is 56.4 Å². The third-order valence-electron chi connectivity index (χ3n) is 5.35. The molecule has 0 spiro atoms. The molecule has 0 atom stereocenters. The molecule has 0 radical (unpaired) electrons. The zero-order valence-corrected chi connectivity index (χ0v) is 18.6. The lowest BCUT2D eigenvalue weighted by molar-refractivity contribution is 0.102. The molecular formula is C20H26ClN3O4S. The number of hydrogen-bond donors (Lipinski definition) is 2. The maximum absolute atomic E-state index is 13.2. The van der Waals surface area contributed by atoms with Gasteiger partial charge in [0.05, 0.1) is 12.1 Å². The van der Waals surface area contributed by atoms with Crippen molar-refractivity contribution in [3.8, 4) is 5.75 Å². The van der Waals surface area contributed by atoms with Gasteiger partial charge in [0.15, 0.2) is 0 Å². The number of anilines is 1. The number of halogens is 1. The van der Waals surface area contributed by atoms with Crippen LogP contribution in [0.15, 0.2) is 23.1 Å². The maximum atomic E-state index is 13.2. The molecule has 158 valence electrons. The number of H-pyrrole nitrogens is 1. The summed E-state index contributed by atoms with van der Waals surface area (Å²) in [4.78, 5) is 15.9. The van der Waals surface area contributed by atoms with Gasteiger partial charge in [-0.2, -0.15) is 4.31 Å². The number of ether oxygens (including phenoxy) is 1. The highest BCUT2D eigenvalue weighted by atomic mass is 35.5. The van der Waals surface area contributed by atoms with Gasteiger partial charge >= 0.3 is 0 Å². The van der Waals surface area contributed by atoms with Crippen LogP contribution in [-0.4, -0.2) is 43.8 Å². The first kappa shape index (κ1) is 21.7. The number of rotatable bonds is 5. The number of carbonyl (C=O) groups excluding carboxylic acids is 1. The average molecular weight is 440 g/mol. The fraction of sp³-hybridized carbons (Fsp3) is 0.450. The minimum atomic E-state index is -3.66. The zero-order chi connectivity index (χ0) is 21.3. The average Bonchev–Trinajstić information content (AvgIpc) is 2.97. The molecule has 7 nitrogen and oxygen atoms in total. The molecule has 1 aliphatic rings. The van der Waals surface area contributed by atoms with Crippen LogP contribution in [-0.2, 0) is 10.0 Å². The molecular weight excluding hydrogens is 414 g/mol. The SMILES string of the molecule is COc1ccc(NC(=O)c2[nH]c(C)c(S(=O)(=O)N3CCC(C)CC3)c2C)cc1Cl. The van der Waals surface area contributed by atoms with Crippen LogP contribution in [0.3, 0.4) is 0 Å². The molecule has 1 fully saturated rings. The van der Waals surface area contributed by atoms with Crippen molar-refractivity contribution in [3.05, 3.63) is 40.2 Å². The Bertz CT molecular complexity index is 1020. The third kappa shape index (κ3) is 4.29. The van der Waals surface area contributed by atoms with Crippen molar-refractivity contribution in [2.75, 3.05) is 25.5 Å². The summed E-state index contributed by atoms with van der Waals surface area (Å²) in [5.41, 5.74) is 1.58. The fourth-order valence-corrected chi connectivity index (χ4v) is 5.77. The Hall–Kier alpha value is -2.03. The summed E-state index contributed by atoms with van der Waals surface area (Å²) >= 11 is 6.11. The third-order valence-corrected chi connectivity index (χ3v) is 7.81. The Morgan fingerprint density at radius 1 is 1.28 bits per heavy atom. The molecule has 29 heavy (non-hydrogen) atoms. The molecule has 3 rings (SSSR count). The summed E-state index contributed by atoms with van der Waals surface area (Å²) in [6.45, 7) is 6.45. The highest BCUT2D eigenvalue weighted by molar-refractivity contribution is 7.89. The number of benzene rings is 1. The molecule has 1 aromatic heterocycles. The number of hydrogen-bond acceptors (Lipinski definition) is 4. The first-order valence-electron chi connectivity index (χ1n) is 9.49. The second-order valence-electron chi connectivity index (χ2n) is 7.47. The van der Waals surface area contributed by atoms with E-state index in [0.717, 1.165) is 12.8 Å². The Labute approximate surface area is 176 Å². The van der Waals surface area contributed by atoms with E-state index < -0.39 is 15.9 Å². The lowest BCUT2D eigenvalue weighted by atomic mass is 10.0. The van der Waals surface area contributed by atoms with Crippen molar-refractivity contribution in [1.82, 2.24) is 9.29 Å². The summed E-state index contributed by atoms with van der Waals surface area (Å²) in [5.74, 6) is 0.592. The Morgan fingerprint density at radius 3 is 2.52 bits per heavy atom. The van der Waals surface area contributed by atoms with Gasteiger partial charge in [0.25, 0.3) is 5.91 Å². The highest BCUT2D eigenvalue weighted by Gasteiger charge is 2.33. The molecule has 1 saturated heterocycles. The van der Waals surface area contributed by atoms with Crippen molar-refractivity contribution in [3.63, 3.8) is 0 Å². The summed E-state index contributed by atoms with van der Waals surface area (Å²) < 4.78 is 33.0. The molecule has 1 aromatic carbocycles. The second kappa shape index (κ2) is 8.38. The number of piperidine rings is 1. The van der Waals surface area contributed by atoms with Crippen molar-refractivity contribution in [2.45, 2.75) is 38.5 Å². The highest BCUT2D eigenvalue weighted by Crippen LogP contribution is 2.31. The molecule has 2 N–H and O–H groups in total. The van der Waals surface area contributed by atoms with E-state index >= 15 is 0 Å². The zero-order valence-electron chi connectivity index (χ0n) is 17.0. The van der Waals surface area contributed by atoms with Gasteiger partial charge in [0, 0.05) is 24.5 Å². The lowest BCUT2D eigenvalue weighted by Crippen LogP contribution is -2.38. The van der Waals surface area contributed by atoms with Gasteiger partial charge in [0.1, 0.15) is 16.3 Å². The van der Waals surface area contributed by atoms with Gasteiger partial charge in [-0.3, -0.25) is 4.79 Å². The van der Waals surface area contributed by atoms with Crippen molar-refractivity contribution < 1.29 is 17.9 Å². The van der Waals surface area contributed by atoms with E-state index in [1.54, 1.807) is 32.0 Å². The predicted molar refractivity (Wildman–Crippen MR) is 113 cm³/mol. The van der Waals surface area contributed by atoms with E-state index in [0.29, 0.717) is 46.7 Å². The number of sulfonamides is 1. The van der Waals surface area contributed by atoms with Crippen LogP contribution in [0.25, 0.3) is 0 Å². The van der Waals surface area contributed by atoms with Crippen molar-refractivity contribution in [2.24, 2.45) is 5.92 Å². The Kier molecular flexibility index (Phi) is 6.26. The van der Waals surface area contributed by atoms with Gasteiger partial charge in [-0.15, -0.1) is 0 Å². The van der Waals surface area contributed by atoms with E-state index in [4.69, 9.17) is 16.3 Å². The van der Waals surface area contributed by atoms with Crippen LogP contribution in [0.5, 0.6) is 5.75 Å². The van der Waals surface area contributed by atoms with Crippen LogP contribution in [0.2, 0.25) is 5.02 Å². The Morgan fingerprint density at radius 2 is 1.93 bits per heavy atom. The van der Waals surface area contributed by atoms with Crippen LogP contribution in [0.1, 0.15) is 41.5 Å². The minimum Gasteiger partial charge on any atom is -0.495 e. The second-order valence-corrected chi connectivity index (χ2v) is 9.75. The predicted octanol–water partition coefficient (Wildman–Crippen LogP) is 3.97. The number of aromatic amines is 1. The molecule has 1 amide bonds. The molecule has 9 heteroatoms. The quantitative estimate of drug-likeness (QED) is 0.737. The van der Waals surface area contributed by atoms with Gasteiger partial charge in [0.2, 0.25) is 10.0 Å². The monoisotopic (exact) mass is 439 g/mol. The van der Waals surface area contributed by atoms with Gasteiger partial charge in [-0.25, -0.2) is 8.42 Å². The maximum Gasteiger partial charge on any atom is 0.272 e. The smallest absolute Gasteiger partial charge is 0.272 e. The van der Waals surface area contributed by atoms with E-state index in [1.807, 2.05) is 0 Å². The van der Waals surface area contributed by atoms with E-state index in [1.165, 1.54) is 11.4 Å². The first-order valence-corrected chi connectivity index (χ1v) is 11.3. The molecule has 1 aliphatic heterocycles. The summed E-state index contributed by atoms with van der Waals surface area (Å²) in [6.07, 6.45) is 1.68. The number of amides is 1. The van der Waals surface area contributed by atoms with Crippen molar-refractivity contribution >= 4 is 33.2 Å². The van der Waals surface area contributed by atoms with Gasteiger partial charge in [-0.1, -0.05) is 18.5 Å². The van der Waals surface area contributed by atoms with Crippen molar-refractivity contribution in [1.29, 1.82) is 0 Å². The first-order chi connectivity index (χ1) is 13.6. The number of aromatic nitrogens is 1.